The third-order valence-corrected chi connectivity index (χ3v) is 11.0. The molecular formula is C49H28N4O. The molecule has 0 N–H and O–H groups in total. The Labute approximate surface area is 308 Å². The first-order valence-electron chi connectivity index (χ1n) is 18.2. The van der Waals surface area contributed by atoms with Crippen LogP contribution in [0.5, 0.6) is 0 Å². The van der Waals surface area contributed by atoms with Gasteiger partial charge < -0.3 is 8.98 Å². The van der Waals surface area contributed by atoms with Crippen molar-refractivity contribution in [2.45, 2.75) is 0 Å². The molecule has 0 aliphatic heterocycles. The zero-order chi connectivity index (χ0) is 35.3. The Balaban J connectivity index is 1.29. The molecule has 0 bridgehead atoms. The van der Waals surface area contributed by atoms with Crippen molar-refractivity contribution in [3.05, 3.63) is 170 Å². The van der Waals surface area contributed by atoms with Crippen molar-refractivity contribution in [3.63, 3.8) is 0 Å². The van der Waals surface area contributed by atoms with E-state index in [1.165, 1.54) is 43.1 Å². The number of hydrogen-bond acceptors (Lipinski definition) is 4. The monoisotopic (exact) mass is 688 g/mol. The molecule has 0 atom stereocenters. The van der Waals surface area contributed by atoms with Crippen LogP contribution in [0.15, 0.2) is 174 Å². The molecule has 12 rings (SSSR count). The van der Waals surface area contributed by atoms with Crippen molar-refractivity contribution in [3.8, 4) is 39.9 Å². The van der Waals surface area contributed by atoms with Gasteiger partial charge in [-0.3, -0.25) is 0 Å². The van der Waals surface area contributed by atoms with E-state index in [1.54, 1.807) is 0 Å². The van der Waals surface area contributed by atoms with Crippen LogP contribution in [0.1, 0.15) is 0 Å². The average molecular weight is 689 g/mol. The summed E-state index contributed by atoms with van der Waals surface area (Å²) in [6.07, 6.45) is 0. The maximum atomic E-state index is 6.93. The van der Waals surface area contributed by atoms with Gasteiger partial charge in [-0.05, 0) is 57.3 Å². The smallest absolute Gasteiger partial charge is 0.166 e. The van der Waals surface area contributed by atoms with Crippen LogP contribution in [0.3, 0.4) is 0 Å². The zero-order valence-electron chi connectivity index (χ0n) is 28.9. The lowest BCUT2D eigenvalue weighted by atomic mass is 9.91. The van der Waals surface area contributed by atoms with E-state index >= 15 is 0 Å². The molecule has 0 aliphatic carbocycles. The van der Waals surface area contributed by atoms with Crippen LogP contribution in [0.25, 0.3) is 116 Å². The molecule has 3 heterocycles. The van der Waals surface area contributed by atoms with Gasteiger partial charge in [0.05, 0.1) is 11.0 Å². The van der Waals surface area contributed by atoms with E-state index < -0.39 is 0 Å². The minimum absolute atomic E-state index is 0.574. The summed E-state index contributed by atoms with van der Waals surface area (Å²) in [7, 11) is 0. The van der Waals surface area contributed by atoms with E-state index in [9.17, 15) is 0 Å². The summed E-state index contributed by atoms with van der Waals surface area (Å²) in [6.45, 7) is 0. The molecule has 0 spiro atoms. The molecule has 0 radical (unpaired) electrons. The fourth-order valence-electron chi connectivity index (χ4n) is 8.67. The molecule has 12 aromatic rings. The molecular weight excluding hydrogens is 661 g/mol. The van der Waals surface area contributed by atoms with Crippen LogP contribution in [0, 0.1) is 0 Å². The molecule has 5 nitrogen and oxygen atoms in total. The standard InChI is InChI=1S/C49H28N4O/c1-3-14-29(15-4-1)47-50-48(30-16-5-2-6-17-30)52-49(51-47)38-27-26-37-34-21-11-12-25-41(34)54-46(37)45(38)53-39-24-13-23-36-33-20-9-10-22-35(33)42-32-19-8-7-18-31(32)28-40(53)44(42)43(36)39/h1-28H. The molecule has 5 heteroatoms. The average Bonchev–Trinajstić information content (AvgIpc) is 3.79. The van der Waals surface area contributed by atoms with Gasteiger partial charge in [0, 0.05) is 43.6 Å². The normalized spacial score (nSPS) is 12.1. The van der Waals surface area contributed by atoms with Crippen LogP contribution in [-0.2, 0) is 0 Å². The first-order valence-corrected chi connectivity index (χ1v) is 18.2. The predicted molar refractivity (Wildman–Crippen MR) is 221 cm³/mol. The summed E-state index contributed by atoms with van der Waals surface area (Å²) in [5, 5.41) is 12.0. The highest BCUT2D eigenvalue weighted by atomic mass is 16.3. The maximum absolute atomic E-state index is 6.93. The highest BCUT2D eigenvalue weighted by molar-refractivity contribution is 6.39. The summed E-state index contributed by atoms with van der Waals surface area (Å²) in [6, 6.07) is 59.5. The molecule has 250 valence electrons. The van der Waals surface area contributed by atoms with Gasteiger partial charge in [0.1, 0.15) is 11.3 Å². The van der Waals surface area contributed by atoms with Crippen molar-refractivity contribution in [2.24, 2.45) is 0 Å². The molecule has 0 unspecified atom stereocenters. The van der Waals surface area contributed by atoms with Crippen molar-refractivity contribution in [2.75, 3.05) is 0 Å². The molecule has 0 amide bonds. The van der Waals surface area contributed by atoms with E-state index in [0.29, 0.717) is 17.5 Å². The van der Waals surface area contributed by atoms with Crippen molar-refractivity contribution < 1.29 is 4.42 Å². The van der Waals surface area contributed by atoms with E-state index in [2.05, 4.69) is 102 Å². The van der Waals surface area contributed by atoms with E-state index in [4.69, 9.17) is 19.4 Å². The van der Waals surface area contributed by atoms with Gasteiger partial charge in [-0.25, -0.2) is 15.0 Å². The summed E-state index contributed by atoms with van der Waals surface area (Å²) in [5.41, 5.74) is 7.43. The third kappa shape index (κ3) is 4.06. The first kappa shape index (κ1) is 29.2. The van der Waals surface area contributed by atoms with E-state index in [-0.39, 0.29) is 0 Å². The Morgan fingerprint density at radius 1 is 0.389 bits per heavy atom. The lowest BCUT2D eigenvalue weighted by molar-refractivity contribution is 0.666. The van der Waals surface area contributed by atoms with Gasteiger partial charge in [-0.1, -0.05) is 140 Å². The fraction of sp³-hybridized carbons (Fsp3) is 0. The third-order valence-electron chi connectivity index (χ3n) is 11.0. The van der Waals surface area contributed by atoms with Crippen molar-refractivity contribution >= 4 is 76.1 Å². The van der Waals surface area contributed by atoms with E-state index in [1.807, 2.05) is 72.8 Å². The molecule has 0 saturated heterocycles. The predicted octanol–water partition coefficient (Wildman–Crippen LogP) is 12.8. The first-order chi connectivity index (χ1) is 26.8. The van der Waals surface area contributed by atoms with Crippen molar-refractivity contribution in [1.29, 1.82) is 0 Å². The summed E-state index contributed by atoms with van der Waals surface area (Å²) in [5.74, 6) is 1.80. The number of rotatable bonds is 4. The van der Waals surface area contributed by atoms with Gasteiger partial charge >= 0.3 is 0 Å². The van der Waals surface area contributed by atoms with Crippen molar-refractivity contribution in [1.82, 2.24) is 19.5 Å². The molecule has 3 aromatic heterocycles. The van der Waals surface area contributed by atoms with Crippen LogP contribution >= 0.6 is 0 Å². The zero-order valence-corrected chi connectivity index (χ0v) is 28.9. The van der Waals surface area contributed by atoms with Gasteiger partial charge in [0.2, 0.25) is 0 Å². The van der Waals surface area contributed by atoms with Crippen LogP contribution in [-0.4, -0.2) is 19.5 Å². The molecule has 9 aromatic carbocycles. The SMILES string of the molecule is c1ccc(-c2nc(-c3ccccc3)nc(-c3ccc4c(oc5ccccc54)c3-n3c4cccc5c6ccccc6c6c7ccccc7cc3c6c54)n2)cc1. The fourth-order valence-corrected chi connectivity index (χ4v) is 8.67. The van der Waals surface area contributed by atoms with Crippen LogP contribution in [0.4, 0.5) is 0 Å². The highest BCUT2D eigenvalue weighted by Crippen LogP contribution is 2.49. The number of furan rings is 1. The Morgan fingerprint density at radius 2 is 0.981 bits per heavy atom. The topological polar surface area (TPSA) is 56.7 Å². The molecule has 54 heavy (non-hydrogen) atoms. The van der Waals surface area contributed by atoms with Gasteiger partial charge in [0.15, 0.2) is 23.1 Å². The van der Waals surface area contributed by atoms with Crippen LogP contribution in [0.2, 0.25) is 0 Å². The number of fused-ring (bicyclic) bond motifs is 8. The number of benzene rings is 9. The lowest BCUT2D eigenvalue weighted by Crippen LogP contribution is -2.04. The molecule has 0 fully saturated rings. The number of hydrogen-bond donors (Lipinski definition) is 0. The quantitative estimate of drug-likeness (QED) is 0.173. The van der Waals surface area contributed by atoms with Gasteiger partial charge in [-0.15, -0.1) is 0 Å². The Bertz CT molecular complexity index is 3370. The number of aromatic nitrogens is 4. The minimum atomic E-state index is 0.574. The maximum Gasteiger partial charge on any atom is 0.166 e. The lowest BCUT2D eigenvalue weighted by Gasteiger charge is -2.15. The number of nitrogens with zero attached hydrogens (tertiary/aromatic N) is 4. The second-order valence-electron chi connectivity index (χ2n) is 13.9. The second kappa shape index (κ2) is 11.1. The number of para-hydroxylation sites is 1. The molecule has 0 aliphatic rings. The summed E-state index contributed by atoms with van der Waals surface area (Å²) in [4.78, 5) is 15.5. The summed E-state index contributed by atoms with van der Waals surface area (Å²) < 4.78 is 9.34. The Morgan fingerprint density at radius 3 is 1.74 bits per heavy atom. The van der Waals surface area contributed by atoms with Gasteiger partial charge in [-0.2, -0.15) is 0 Å². The Hall–Kier alpha value is -7.37. The Kier molecular flexibility index (Phi) is 5.99. The van der Waals surface area contributed by atoms with Gasteiger partial charge in [0.25, 0.3) is 0 Å². The van der Waals surface area contributed by atoms with Crippen LogP contribution < -0.4 is 0 Å². The highest BCUT2D eigenvalue weighted by Gasteiger charge is 2.27. The second-order valence-corrected chi connectivity index (χ2v) is 13.9. The summed E-state index contributed by atoms with van der Waals surface area (Å²) >= 11 is 0. The van der Waals surface area contributed by atoms with E-state index in [0.717, 1.165) is 55.3 Å². The molecule has 0 saturated carbocycles. The minimum Gasteiger partial charge on any atom is -0.454 e. The largest absolute Gasteiger partial charge is 0.454 e.